The van der Waals surface area contributed by atoms with Crippen LogP contribution in [-0.2, 0) is 16.0 Å². The minimum atomic E-state index is -0.656. The molecule has 0 bridgehead atoms. The number of nitrogens with zero attached hydrogens (tertiary/aromatic N) is 2. The second kappa shape index (κ2) is 5.61. The summed E-state index contributed by atoms with van der Waals surface area (Å²) in [5.41, 5.74) is 0.433. The van der Waals surface area contributed by atoms with Gasteiger partial charge in [-0.05, 0) is 37.8 Å². The predicted octanol–water partition coefficient (Wildman–Crippen LogP) is 1.15. The molecule has 3 aliphatic rings. The second-order valence-corrected chi connectivity index (χ2v) is 6.83. The van der Waals surface area contributed by atoms with Gasteiger partial charge >= 0.3 is 0 Å². The Balaban J connectivity index is 1.42. The number of benzene rings is 1. The number of likely N-dealkylation sites (tertiary alicyclic amines) is 1. The molecular formula is C18H21N3O3. The molecule has 1 N–H and O–H groups in total. The smallest absolute Gasteiger partial charge is 0.253 e. The number of fused-ring (bicyclic) bond motifs is 1. The van der Waals surface area contributed by atoms with Gasteiger partial charge in [-0.25, -0.2) is 0 Å². The topological polar surface area (TPSA) is 71.0 Å². The Labute approximate surface area is 140 Å². The van der Waals surface area contributed by atoms with Crippen molar-refractivity contribution in [3.63, 3.8) is 0 Å². The minimum Gasteiger partial charge on any atom is -0.492 e. The quantitative estimate of drug-likeness (QED) is 0.841. The maximum Gasteiger partial charge on any atom is 0.253 e. The Morgan fingerprint density at radius 2 is 2.08 bits per heavy atom. The third-order valence-electron chi connectivity index (χ3n) is 5.23. The van der Waals surface area contributed by atoms with Crippen LogP contribution in [0.3, 0.4) is 0 Å². The summed E-state index contributed by atoms with van der Waals surface area (Å²) in [5, 5.41) is 2.78. The van der Waals surface area contributed by atoms with Crippen molar-refractivity contribution in [1.29, 1.82) is 0 Å². The normalized spacial score (nSPS) is 24.9. The van der Waals surface area contributed by atoms with E-state index in [9.17, 15) is 9.59 Å². The van der Waals surface area contributed by atoms with Gasteiger partial charge in [0.05, 0.1) is 5.92 Å². The summed E-state index contributed by atoms with van der Waals surface area (Å²) in [7, 11) is 0. The van der Waals surface area contributed by atoms with Crippen molar-refractivity contribution in [2.75, 3.05) is 19.7 Å². The Bertz CT molecular complexity index is 720. The molecule has 24 heavy (non-hydrogen) atoms. The van der Waals surface area contributed by atoms with Crippen LogP contribution in [0.5, 0.6) is 5.75 Å². The maximum absolute atomic E-state index is 12.8. The molecule has 1 aromatic carbocycles. The number of amides is 2. The van der Waals surface area contributed by atoms with Crippen molar-refractivity contribution in [3.8, 4) is 5.75 Å². The molecule has 1 saturated heterocycles. The third-order valence-corrected chi connectivity index (χ3v) is 5.23. The van der Waals surface area contributed by atoms with Crippen molar-refractivity contribution in [3.05, 3.63) is 29.8 Å². The Kier molecular flexibility index (Phi) is 3.55. The number of carbonyl (C=O) groups excluding carboxylic acids is 2. The highest BCUT2D eigenvalue weighted by molar-refractivity contribution is 6.07. The molecule has 6 nitrogen and oxygen atoms in total. The average Bonchev–Trinajstić information content (AvgIpc) is 2.87. The van der Waals surface area contributed by atoms with Crippen LogP contribution in [0.25, 0.3) is 0 Å². The van der Waals surface area contributed by atoms with Gasteiger partial charge in [0.2, 0.25) is 5.91 Å². The molecule has 0 aliphatic carbocycles. The largest absolute Gasteiger partial charge is 0.492 e. The van der Waals surface area contributed by atoms with E-state index < -0.39 is 5.54 Å². The number of amidine groups is 1. The van der Waals surface area contributed by atoms with Gasteiger partial charge < -0.3 is 15.0 Å². The molecule has 0 unspecified atom stereocenters. The number of aliphatic imine (C=N–C) groups is 1. The van der Waals surface area contributed by atoms with Crippen LogP contribution in [0, 0.1) is 5.92 Å². The van der Waals surface area contributed by atoms with E-state index in [0.717, 1.165) is 11.3 Å². The van der Waals surface area contributed by atoms with Crippen molar-refractivity contribution in [1.82, 2.24) is 10.2 Å². The number of nitrogens with one attached hydrogen (secondary N) is 1. The lowest BCUT2D eigenvalue weighted by molar-refractivity contribution is -0.140. The van der Waals surface area contributed by atoms with E-state index in [-0.39, 0.29) is 17.7 Å². The van der Waals surface area contributed by atoms with Gasteiger partial charge in [0.15, 0.2) is 0 Å². The summed E-state index contributed by atoms with van der Waals surface area (Å²) < 4.78 is 5.74. The number of hydrogen-bond donors (Lipinski definition) is 1. The van der Waals surface area contributed by atoms with Crippen LogP contribution in [0.1, 0.15) is 25.3 Å². The first-order valence-electron chi connectivity index (χ1n) is 8.45. The minimum absolute atomic E-state index is 0.0259. The molecule has 1 aromatic rings. The fourth-order valence-corrected chi connectivity index (χ4v) is 3.86. The van der Waals surface area contributed by atoms with Gasteiger partial charge in [-0.2, -0.15) is 0 Å². The first kappa shape index (κ1) is 15.2. The van der Waals surface area contributed by atoms with Crippen LogP contribution in [0.2, 0.25) is 0 Å². The van der Waals surface area contributed by atoms with Crippen molar-refractivity contribution >= 4 is 17.6 Å². The molecule has 126 valence electrons. The molecule has 0 radical (unpaired) electrons. The number of carbonyl (C=O) groups is 2. The molecule has 3 aliphatic heterocycles. The fourth-order valence-electron chi connectivity index (χ4n) is 3.86. The Morgan fingerprint density at radius 3 is 2.79 bits per heavy atom. The number of hydrogen-bond acceptors (Lipinski definition) is 4. The highest BCUT2D eigenvalue weighted by Crippen LogP contribution is 2.32. The van der Waals surface area contributed by atoms with Crippen LogP contribution >= 0.6 is 0 Å². The van der Waals surface area contributed by atoms with Gasteiger partial charge in [-0.3, -0.25) is 14.6 Å². The zero-order valence-electron chi connectivity index (χ0n) is 13.7. The van der Waals surface area contributed by atoms with E-state index >= 15 is 0 Å². The first-order valence-corrected chi connectivity index (χ1v) is 8.45. The van der Waals surface area contributed by atoms with Crippen molar-refractivity contribution in [2.24, 2.45) is 10.9 Å². The van der Waals surface area contributed by atoms with Crippen LogP contribution in [0.15, 0.2) is 29.3 Å². The molecule has 3 heterocycles. The standard InChI is InChI=1S/C18H21N3O3/c1-12-19-17(23)18(20-12)6-8-21(9-7-18)16(22)14-10-13-4-2-3-5-15(13)24-11-14/h2-5,14H,6-11H2,1H3,(H,19,20,23)/t14-/m1/s1. The highest BCUT2D eigenvalue weighted by Gasteiger charge is 2.46. The molecule has 0 aromatic heterocycles. The summed E-state index contributed by atoms with van der Waals surface area (Å²) in [5.74, 6) is 1.51. The highest BCUT2D eigenvalue weighted by atomic mass is 16.5. The zero-order chi connectivity index (χ0) is 16.7. The van der Waals surface area contributed by atoms with Crippen molar-refractivity contribution in [2.45, 2.75) is 31.7 Å². The van der Waals surface area contributed by atoms with E-state index in [1.807, 2.05) is 29.2 Å². The molecular weight excluding hydrogens is 306 g/mol. The lowest BCUT2D eigenvalue weighted by Gasteiger charge is -2.37. The van der Waals surface area contributed by atoms with Crippen LogP contribution < -0.4 is 10.1 Å². The lowest BCUT2D eigenvalue weighted by Crippen LogP contribution is -2.52. The van der Waals surface area contributed by atoms with E-state index in [0.29, 0.717) is 44.8 Å². The van der Waals surface area contributed by atoms with E-state index in [4.69, 9.17) is 4.74 Å². The fraction of sp³-hybridized carbons (Fsp3) is 0.500. The van der Waals surface area contributed by atoms with Crippen LogP contribution in [0.4, 0.5) is 0 Å². The SMILES string of the molecule is CC1=NC2(CCN(C(=O)[C@H]3COc4ccccc4C3)CC2)C(=O)N1. The Morgan fingerprint density at radius 1 is 1.33 bits per heavy atom. The van der Waals surface area contributed by atoms with E-state index in [2.05, 4.69) is 10.3 Å². The number of piperidine rings is 1. The van der Waals surface area contributed by atoms with Gasteiger partial charge in [0.1, 0.15) is 23.7 Å². The first-order chi connectivity index (χ1) is 11.6. The van der Waals surface area contributed by atoms with Gasteiger partial charge in [-0.15, -0.1) is 0 Å². The number of ether oxygens (including phenoxy) is 1. The second-order valence-electron chi connectivity index (χ2n) is 6.83. The molecule has 1 spiro atoms. The van der Waals surface area contributed by atoms with Gasteiger partial charge in [-0.1, -0.05) is 18.2 Å². The summed E-state index contributed by atoms with van der Waals surface area (Å²) in [6.45, 7) is 3.37. The monoisotopic (exact) mass is 327 g/mol. The zero-order valence-corrected chi connectivity index (χ0v) is 13.7. The summed E-state index contributed by atoms with van der Waals surface area (Å²) in [6, 6.07) is 7.87. The molecule has 4 rings (SSSR count). The summed E-state index contributed by atoms with van der Waals surface area (Å²) in [6.07, 6.45) is 1.90. The average molecular weight is 327 g/mol. The third kappa shape index (κ3) is 2.46. The van der Waals surface area contributed by atoms with E-state index in [1.165, 1.54) is 0 Å². The maximum atomic E-state index is 12.8. The molecule has 1 atom stereocenters. The summed E-state index contributed by atoms with van der Waals surface area (Å²) in [4.78, 5) is 31.3. The number of para-hydroxylation sites is 1. The van der Waals surface area contributed by atoms with E-state index in [1.54, 1.807) is 6.92 Å². The predicted molar refractivity (Wildman–Crippen MR) is 88.9 cm³/mol. The Hall–Kier alpha value is -2.37. The molecule has 2 amide bonds. The van der Waals surface area contributed by atoms with Crippen molar-refractivity contribution < 1.29 is 14.3 Å². The molecule has 6 heteroatoms. The summed E-state index contributed by atoms with van der Waals surface area (Å²) >= 11 is 0. The molecule has 1 fully saturated rings. The van der Waals surface area contributed by atoms with Gasteiger partial charge in [0, 0.05) is 13.1 Å². The number of rotatable bonds is 1. The van der Waals surface area contributed by atoms with Gasteiger partial charge in [0.25, 0.3) is 5.91 Å². The van der Waals surface area contributed by atoms with Crippen LogP contribution in [-0.4, -0.2) is 47.8 Å². The lowest BCUT2D eigenvalue weighted by atomic mass is 9.87. The molecule has 0 saturated carbocycles.